The average Bonchev–Trinajstić information content (AvgIpc) is 2.38. The predicted molar refractivity (Wildman–Crippen MR) is 81.0 cm³/mol. The zero-order chi connectivity index (χ0) is 13.9. The SMILES string of the molecule is Cl.O=C(O)C1(NCc2ccc(Cl)cc2Cl)CCOCC1. The smallest absolute Gasteiger partial charge is 0.324 e. The van der Waals surface area contributed by atoms with Gasteiger partial charge in [0.1, 0.15) is 5.54 Å². The van der Waals surface area contributed by atoms with Crippen LogP contribution in [0.25, 0.3) is 0 Å². The Bertz CT molecular complexity index is 476. The number of carboxylic acid groups (broad SMARTS) is 1. The van der Waals surface area contributed by atoms with Crippen LogP contribution in [0.5, 0.6) is 0 Å². The summed E-state index contributed by atoms with van der Waals surface area (Å²) in [7, 11) is 0. The van der Waals surface area contributed by atoms with Crippen LogP contribution in [-0.2, 0) is 16.1 Å². The van der Waals surface area contributed by atoms with E-state index in [1.165, 1.54) is 0 Å². The highest BCUT2D eigenvalue weighted by molar-refractivity contribution is 6.35. The van der Waals surface area contributed by atoms with Gasteiger partial charge in [-0.3, -0.25) is 10.1 Å². The van der Waals surface area contributed by atoms with Gasteiger partial charge in [0.15, 0.2) is 0 Å². The quantitative estimate of drug-likeness (QED) is 0.884. The van der Waals surface area contributed by atoms with Crippen molar-refractivity contribution in [2.45, 2.75) is 24.9 Å². The van der Waals surface area contributed by atoms with Crippen molar-refractivity contribution >= 4 is 41.6 Å². The highest BCUT2D eigenvalue weighted by Gasteiger charge is 2.39. The molecule has 1 aliphatic rings. The van der Waals surface area contributed by atoms with Crippen LogP contribution in [0.15, 0.2) is 18.2 Å². The lowest BCUT2D eigenvalue weighted by Crippen LogP contribution is -2.55. The molecule has 0 spiro atoms. The van der Waals surface area contributed by atoms with Crippen molar-refractivity contribution in [1.29, 1.82) is 0 Å². The first-order valence-electron chi connectivity index (χ1n) is 6.04. The van der Waals surface area contributed by atoms with Gasteiger partial charge in [0.05, 0.1) is 0 Å². The van der Waals surface area contributed by atoms with Crippen molar-refractivity contribution in [1.82, 2.24) is 5.32 Å². The lowest BCUT2D eigenvalue weighted by Gasteiger charge is -2.34. The summed E-state index contributed by atoms with van der Waals surface area (Å²) in [5, 5.41) is 13.6. The molecular formula is C13H16Cl3NO3. The summed E-state index contributed by atoms with van der Waals surface area (Å²) in [4.78, 5) is 11.5. The fourth-order valence-corrected chi connectivity index (χ4v) is 2.59. The maximum Gasteiger partial charge on any atom is 0.324 e. The summed E-state index contributed by atoms with van der Waals surface area (Å²) in [6.45, 7) is 1.30. The van der Waals surface area contributed by atoms with Gasteiger partial charge < -0.3 is 9.84 Å². The first-order valence-corrected chi connectivity index (χ1v) is 6.79. The van der Waals surface area contributed by atoms with E-state index >= 15 is 0 Å². The summed E-state index contributed by atoms with van der Waals surface area (Å²) in [5.74, 6) is -0.846. The molecule has 7 heteroatoms. The van der Waals surface area contributed by atoms with Gasteiger partial charge in [-0.15, -0.1) is 12.4 Å². The normalized spacial score (nSPS) is 17.3. The van der Waals surface area contributed by atoms with Gasteiger partial charge in [0.2, 0.25) is 0 Å². The molecule has 1 saturated heterocycles. The first-order chi connectivity index (χ1) is 9.03. The zero-order valence-electron chi connectivity index (χ0n) is 10.7. The average molecular weight is 341 g/mol. The molecule has 1 aromatic rings. The fourth-order valence-electron chi connectivity index (χ4n) is 2.12. The van der Waals surface area contributed by atoms with Gasteiger partial charge >= 0.3 is 5.97 Å². The second-order valence-electron chi connectivity index (χ2n) is 4.59. The van der Waals surface area contributed by atoms with E-state index in [0.717, 1.165) is 5.56 Å². The minimum absolute atomic E-state index is 0. The second kappa shape index (κ2) is 7.48. The van der Waals surface area contributed by atoms with E-state index in [2.05, 4.69) is 5.32 Å². The van der Waals surface area contributed by atoms with Crippen molar-refractivity contribution in [3.8, 4) is 0 Å². The number of carboxylic acids is 1. The second-order valence-corrected chi connectivity index (χ2v) is 5.43. The van der Waals surface area contributed by atoms with Crippen molar-refractivity contribution in [2.24, 2.45) is 0 Å². The third kappa shape index (κ3) is 3.99. The number of hydrogen-bond acceptors (Lipinski definition) is 3. The Kier molecular flexibility index (Phi) is 6.55. The highest BCUT2D eigenvalue weighted by Crippen LogP contribution is 2.25. The van der Waals surface area contributed by atoms with Crippen LogP contribution >= 0.6 is 35.6 Å². The number of benzene rings is 1. The molecule has 2 rings (SSSR count). The van der Waals surface area contributed by atoms with Crippen LogP contribution in [0.3, 0.4) is 0 Å². The molecule has 112 valence electrons. The molecule has 0 bridgehead atoms. The first kappa shape index (κ1) is 17.5. The minimum atomic E-state index is -0.929. The molecule has 0 atom stereocenters. The number of ether oxygens (including phenoxy) is 1. The third-order valence-electron chi connectivity index (χ3n) is 3.39. The van der Waals surface area contributed by atoms with Gasteiger partial charge in [-0.2, -0.15) is 0 Å². The summed E-state index contributed by atoms with van der Waals surface area (Å²) >= 11 is 11.9. The van der Waals surface area contributed by atoms with Gasteiger partial charge in [0.25, 0.3) is 0 Å². The molecule has 0 amide bonds. The molecule has 0 aromatic heterocycles. The molecule has 4 nitrogen and oxygen atoms in total. The van der Waals surface area contributed by atoms with Crippen molar-refractivity contribution < 1.29 is 14.6 Å². The lowest BCUT2D eigenvalue weighted by atomic mass is 9.90. The summed E-state index contributed by atoms with van der Waals surface area (Å²) in [5.41, 5.74) is -0.0977. The van der Waals surface area contributed by atoms with Crippen LogP contribution in [0.1, 0.15) is 18.4 Å². The Labute approximate surface area is 133 Å². The third-order valence-corrected chi connectivity index (χ3v) is 3.98. The van der Waals surface area contributed by atoms with Crippen LogP contribution in [0.4, 0.5) is 0 Å². The Hall–Kier alpha value is -0.520. The monoisotopic (exact) mass is 339 g/mol. The maximum absolute atomic E-state index is 11.5. The summed E-state index contributed by atoms with van der Waals surface area (Å²) in [6, 6.07) is 5.19. The largest absolute Gasteiger partial charge is 0.480 e. The molecule has 1 fully saturated rings. The Morgan fingerprint density at radius 1 is 1.35 bits per heavy atom. The lowest BCUT2D eigenvalue weighted by molar-refractivity contribution is -0.149. The van der Waals surface area contributed by atoms with E-state index in [9.17, 15) is 9.90 Å². The summed E-state index contributed by atoms with van der Waals surface area (Å²) in [6.07, 6.45) is 0.904. The number of aliphatic carboxylic acids is 1. The van der Waals surface area contributed by atoms with Gasteiger partial charge in [0, 0.05) is 29.8 Å². The Morgan fingerprint density at radius 2 is 2.00 bits per heavy atom. The van der Waals surface area contributed by atoms with Crippen LogP contribution in [-0.4, -0.2) is 29.8 Å². The number of halogens is 3. The van der Waals surface area contributed by atoms with E-state index in [4.69, 9.17) is 27.9 Å². The summed E-state index contributed by atoms with van der Waals surface area (Å²) < 4.78 is 5.22. The molecule has 0 unspecified atom stereocenters. The molecule has 0 radical (unpaired) electrons. The van der Waals surface area contributed by atoms with Crippen LogP contribution in [0.2, 0.25) is 10.0 Å². The van der Waals surface area contributed by atoms with E-state index in [1.807, 2.05) is 0 Å². The molecule has 0 saturated carbocycles. The van der Waals surface area contributed by atoms with E-state index in [-0.39, 0.29) is 12.4 Å². The molecule has 2 N–H and O–H groups in total. The van der Waals surface area contributed by atoms with E-state index < -0.39 is 11.5 Å². The molecule has 1 aliphatic heterocycles. The molecule has 1 heterocycles. The number of hydrogen-bond donors (Lipinski definition) is 2. The van der Waals surface area contributed by atoms with Crippen molar-refractivity contribution in [3.63, 3.8) is 0 Å². The standard InChI is InChI=1S/C13H15Cl2NO3.ClH/c14-10-2-1-9(11(15)7-10)8-16-13(12(17)18)3-5-19-6-4-13;/h1-2,7,16H,3-6,8H2,(H,17,18);1H. The van der Waals surface area contributed by atoms with Crippen molar-refractivity contribution in [2.75, 3.05) is 13.2 Å². The van der Waals surface area contributed by atoms with Crippen LogP contribution in [0, 0.1) is 0 Å². The van der Waals surface area contributed by atoms with E-state index in [1.54, 1.807) is 18.2 Å². The topological polar surface area (TPSA) is 58.6 Å². The number of rotatable bonds is 4. The van der Waals surface area contributed by atoms with Gasteiger partial charge in [-0.1, -0.05) is 29.3 Å². The predicted octanol–water partition coefficient (Wildman–Crippen LogP) is 3.14. The van der Waals surface area contributed by atoms with Crippen LogP contribution < -0.4 is 5.32 Å². The maximum atomic E-state index is 11.5. The van der Waals surface area contributed by atoms with Gasteiger partial charge in [-0.05, 0) is 30.5 Å². The van der Waals surface area contributed by atoms with Crippen molar-refractivity contribution in [3.05, 3.63) is 33.8 Å². The molecule has 20 heavy (non-hydrogen) atoms. The number of carbonyl (C=O) groups is 1. The van der Waals surface area contributed by atoms with E-state index in [0.29, 0.717) is 42.6 Å². The zero-order valence-corrected chi connectivity index (χ0v) is 13.0. The molecule has 1 aromatic carbocycles. The highest BCUT2D eigenvalue weighted by atomic mass is 35.5. The fraction of sp³-hybridized carbons (Fsp3) is 0.462. The van der Waals surface area contributed by atoms with Gasteiger partial charge in [-0.25, -0.2) is 0 Å². The molecular weight excluding hydrogens is 325 g/mol. The number of nitrogens with one attached hydrogen (secondary N) is 1. The Morgan fingerprint density at radius 3 is 2.55 bits per heavy atom. The minimum Gasteiger partial charge on any atom is -0.480 e. The Balaban J connectivity index is 0.00000200. The molecule has 0 aliphatic carbocycles.